The van der Waals surface area contributed by atoms with Crippen LogP contribution in [0.3, 0.4) is 0 Å². The minimum atomic E-state index is -0.596. The van der Waals surface area contributed by atoms with Crippen molar-refractivity contribution in [2.24, 2.45) is 17.3 Å². The number of carbonyl (C=O) groups excluding carboxylic acids is 2. The van der Waals surface area contributed by atoms with Crippen LogP contribution in [0.4, 0.5) is 0 Å². The Morgan fingerprint density at radius 3 is 2.26 bits per heavy atom. The first-order valence-electron chi connectivity index (χ1n) is 12.1. The molecule has 1 aliphatic carbocycles. The number of hydrogen-bond donors (Lipinski definition) is 0. The Morgan fingerprint density at radius 2 is 1.71 bits per heavy atom. The lowest BCUT2D eigenvalue weighted by Gasteiger charge is -2.18. The largest absolute Gasteiger partial charge is 0.477 e. The fourth-order valence-corrected chi connectivity index (χ4v) is 3.88. The zero-order valence-corrected chi connectivity index (χ0v) is 20.3. The molecule has 1 fully saturated rings. The van der Waals surface area contributed by atoms with Crippen LogP contribution in [0, 0.1) is 17.3 Å². The highest BCUT2D eigenvalue weighted by Crippen LogP contribution is 2.29. The normalized spacial score (nSPS) is 17.2. The molecule has 1 aliphatic rings. The van der Waals surface area contributed by atoms with Crippen LogP contribution in [0.25, 0.3) is 6.20 Å². The third-order valence-electron chi connectivity index (χ3n) is 6.34. The summed E-state index contributed by atoms with van der Waals surface area (Å²) in [6.45, 7) is 10.00. The number of aromatic nitrogens is 2. The first-order valence-corrected chi connectivity index (χ1v) is 12.1. The average Bonchev–Trinajstić information content (AvgIpc) is 3.12. The Balaban J connectivity index is 2.18. The maximum atomic E-state index is 13.2. The van der Waals surface area contributed by atoms with Crippen LogP contribution in [0.2, 0.25) is 0 Å². The molecule has 1 heterocycles. The van der Waals surface area contributed by atoms with Crippen molar-refractivity contribution in [3.05, 3.63) is 17.8 Å². The molecule has 0 aliphatic heterocycles. The van der Waals surface area contributed by atoms with Gasteiger partial charge in [-0.05, 0) is 32.6 Å². The summed E-state index contributed by atoms with van der Waals surface area (Å²) in [4.78, 5) is 25.1. The van der Waals surface area contributed by atoms with Gasteiger partial charge in [0.2, 0.25) is 5.88 Å². The monoisotopic (exact) mass is 430 g/mol. The summed E-state index contributed by atoms with van der Waals surface area (Å²) in [7, 11) is 0. The molecule has 1 saturated carbocycles. The zero-order valence-electron chi connectivity index (χ0n) is 20.3. The van der Waals surface area contributed by atoms with Gasteiger partial charge in [0.1, 0.15) is 5.78 Å². The minimum absolute atomic E-state index is 0.0767. The van der Waals surface area contributed by atoms with Crippen molar-refractivity contribution < 1.29 is 14.3 Å². The van der Waals surface area contributed by atoms with Crippen LogP contribution >= 0.6 is 0 Å². The Bertz CT molecular complexity index is 736. The van der Waals surface area contributed by atoms with Crippen molar-refractivity contribution in [1.29, 1.82) is 0 Å². The van der Waals surface area contributed by atoms with E-state index < -0.39 is 5.41 Å². The van der Waals surface area contributed by atoms with Gasteiger partial charge in [-0.1, -0.05) is 77.7 Å². The van der Waals surface area contributed by atoms with Crippen LogP contribution in [0.5, 0.6) is 5.88 Å². The molecule has 0 spiro atoms. The van der Waals surface area contributed by atoms with E-state index in [0.717, 1.165) is 12.8 Å². The van der Waals surface area contributed by atoms with Gasteiger partial charge in [-0.15, -0.1) is 0 Å². The Labute approximate surface area is 188 Å². The van der Waals surface area contributed by atoms with Crippen molar-refractivity contribution in [2.75, 3.05) is 6.61 Å². The minimum Gasteiger partial charge on any atom is -0.477 e. The van der Waals surface area contributed by atoms with E-state index >= 15 is 0 Å². The highest BCUT2D eigenvalue weighted by atomic mass is 16.5. The molecule has 31 heavy (non-hydrogen) atoms. The summed E-state index contributed by atoms with van der Waals surface area (Å²) in [5.41, 5.74) is -0.0374. The highest BCUT2D eigenvalue weighted by molar-refractivity contribution is 5.98. The van der Waals surface area contributed by atoms with E-state index in [1.165, 1.54) is 44.9 Å². The topological polar surface area (TPSA) is 61.2 Å². The summed E-state index contributed by atoms with van der Waals surface area (Å²) < 4.78 is 7.64. The van der Waals surface area contributed by atoms with Gasteiger partial charge in [0, 0.05) is 18.0 Å². The van der Waals surface area contributed by atoms with E-state index in [-0.39, 0.29) is 11.6 Å². The van der Waals surface area contributed by atoms with Gasteiger partial charge in [-0.3, -0.25) is 9.59 Å². The van der Waals surface area contributed by atoms with Crippen LogP contribution in [-0.2, 0) is 4.79 Å². The molecular weight excluding hydrogens is 388 g/mol. The lowest BCUT2D eigenvalue weighted by Crippen LogP contribution is -2.18. The molecule has 0 N–H and O–H groups in total. The Kier molecular flexibility index (Phi) is 9.98. The lowest BCUT2D eigenvalue weighted by molar-refractivity contribution is -0.122. The molecule has 2 rings (SSSR count). The van der Waals surface area contributed by atoms with E-state index in [9.17, 15) is 9.59 Å². The van der Waals surface area contributed by atoms with E-state index in [2.05, 4.69) is 18.9 Å². The van der Waals surface area contributed by atoms with Crippen molar-refractivity contribution >= 4 is 17.8 Å². The van der Waals surface area contributed by atoms with E-state index in [4.69, 9.17) is 4.74 Å². The molecule has 5 nitrogen and oxygen atoms in total. The zero-order chi connectivity index (χ0) is 22.9. The lowest BCUT2D eigenvalue weighted by atomic mass is 9.88. The van der Waals surface area contributed by atoms with E-state index in [1.807, 2.05) is 19.9 Å². The molecule has 0 bridgehead atoms. The number of ether oxygens (including phenoxy) is 1. The van der Waals surface area contributed by atoms with Crippen molar-refractivity contribution in [3.8, 4) is 5.88 Å². The van der Waals surface area contributed by atoms with Crippen LogP contribution in [-0.4, -0.2) is 28.0 Å². The first kappa shape index (κ1) is 25.4. The standard InChI is InChI=1S/C26H42N2O3/c1-20(2)19-31-25-23(18-27-28(25)16-15-26(4,5)21(3)29)24(30)17-22-13-11-9-7-6-8-10-12-14-22/h15-16,18,20,22H,6-14,17,19H2,1-5H3/b16-15+. The number of hydrogen-bond acceptors (Lipinski definition) is 4. The Morgan fingerprint density at radius 1 is 1.13 bits per heavy atom. The summed E-state index contributed by atoms with van der Waals surface area (Å²) >= 11 is 0. The summed E-state index contributed by atoms with van der Waals surface area (Å²) in [6.07, 6.45) is 17.0. The number of Topliss-reactive ketones (excluding diaryl/α,β-unsaturated/α-hetero) is 2. The summed E-state index contributed by atoms with van der Waals surface area (Å²) in [5, 5.41) is 4.40. The highest BCUT2D eigenvalue weighted by Gasteiger charge is 2.24. The number of rotatable bonds is 9. The smallest absolute Gasteiger partial charge is 0.227 e. The molecule has 0 atom stereocenters. The Hall–Kier alpha value is -1.91. The molecular formula is C26H42N2O3. The van der Waals surface area contributed by atoms with Gasteiger partial charge in [0.15, 0.2) is 5.78 Å². The van der Waals surface area contributed by atoms with Gasteiger partial charge >= 0.3 is 0 Å². The molecule has 0 radical (unpaired) electrons. The SMILES string of the molecule is CC(=O)C(C)(C)/C=C/n1ncc(C(=O)CC2CCCCCCCCC2)c1OCC(C)C. The maximum Gasteiger partial charge on any atom is 0.227 e. The third kappa shape index (κ3) is 8.27. The second kappa shape index (κ2) is 12.2. The molecule has 1 aromatic rings. The van der Waals surface area contributed by atoms with Crippen LogP contribution in [0.1, 0.15) is 109 Å². The number of nitrogens with zero attached hydrogens (tertiary/aromatic N) is 2. The molecule has 5 heteroatoms. The predicted molar refractivity (Wildman–Crippen MR) is 126 cm³/mol. The number of ketones is 2. The second-order valence-electron chi connectivity index (χ2n) is 10.2. The van der Waals surface area contributed by atoms with Crippen molar-refractivity contribution in [2.45, 2.75) is 98.8 Å². The van der Waals surface area contributed by atoms with Gasteiger partial charge in [-0.2, -0.15) is 5.10 Å². The molecule has 0 unspecified atom stereocenters. The fraction of sp³-hybridized carbons (Fsp3) is 0.731. The summed E-state index contributed by atoms with van der Waals surface area (Å²) in [6, 6.07) is 0. The number of allylic oxidation sites excluding steroid dienone is 1. The first-order chi connectivity index (χ1) is 14.7. The van der Waals surface area contributed by atoms with Gasteiger partial charge in [0.25, 0.3) is 0 Å². The molecule has 0 amide bonds. The van der Waals surface area contributed by atoms with Gasteiger partial charge < -0.3 is 4.74 Å². The van der Waals surface area contributed by atoms with Crippen LogP contribution < -0.4 is 4.74 Å². The summed E-state index contributed by atoms with van der Waals surface area (Å²) in [5.74, 6) is 1.47. The van der Waals surface area contributed by atoms with Crippen molar-refractivity contribution in [3.63, 3.8) is 0 Å². The average molecular weight is 431 g/mol. The van der Waals surface area contributed by atoms with Crippen LogP contribution in [0.15, 0.2) is 12.3 Å². The van der Waals surface area contributed by atoms with E-state index in [0.29, 0.717) is 36.3 Å². The quantitative estimate of drug-likeness (QED) is 0.408. The molecule has 1 aromatic heterocycles. The molecule has 174 valence electrons. The third-order valence-corrected chi connectivity index (χ3v) is 6.34. The molecule has 0 aromatic carbocycles. The number of carbonyl (C=O) groups is 2. The van der Waals surface area contributed by atoms with Gasteiger partial charge in [0.05, 0.1) is 18.4 Å². The van der Waals surface area contributed by atoms with E-state index in [1.54, 1.807) is 24.0 Å². The second-order valence-corrected chi connectivity index (χ2v) is 10.2. The fourth-order valence-electron chi connectivity index (χ4n) is 3.88. The van der Waals surface area contributed by atoms with Crippen molar-refractivity contribution in [1.82, 2.24) is 9.78 Å². The van der Waals surface area contributed by atoms with Gasteiger partial charge in [-0.25, -0.2) is 4.68 Å². The molecule has 0 saturated heterocycles. The predicted octanol–water partition coefficient (Wildman–Crippen LogP) is 6.72. The maximum absolute atomic E-state index is 13.2.